The van der Waals surface area contributed by atoms with Crippen molar-refractivity contribution in [2.45, 2.75) is 20.8 Å². The average Bonchev–Trinajstić information content (AvgIpc) is 1.88. The first-order chi connectivity index (χ1) is 5.18. The van der Waals surface area contributed by atoms with Crippen molar-refractivity contribution in [1.82, 2.24) is 0 Å². The summed E-state index contributed by atoms with van der Waals surface area (Å²) in [6, 6.07) is 0. The third-order valence-electron chi connectivity index (χ3n) is 0.950. The molecule has 0 amide bonds. The van der Waals surface area contributed by atoms with Crippen LogP contribution in [0.1, 0.15) is 20.8 Å². The van der Waals surface area contributed by atoms with Crippen molar-refractivity contribution in [3.05, 3.63) is 0 Å². The van der Waals surface area contributed by atoms with Crippen LogP contribution in [0.25, 0.3) is 0 Å². The standard InChI is InChI=1S/3C2H5O.BrH.Hf/c3*1-2-3;;/h3*2H2,1H3;1H;/q3*-1;;+4/p-1. The van der Waals surface area contributed by atoms with Gasteiger partial charge in [-0.25, -0.2) is 0 Å². The molecule has 0 bridgehead atoms. The second kappa shape index (κ2) is 6.71. The van der Waals surface area contributed by atoms with E-state index >= 15 is 0 Å². The van der Waals surface area contributed by atoms with E-state index in [1.54, 1.807) is 0 Å². The molecule has 0 spiro atoms. The van der Waals surface area contributed by atoms with Crippen LogP contribution < -0.4 is 0 Å². The summed E-state index contributed by atoms with van der Waals surface area (Å²) in [5, 5.41) is 0. The Balaban J connectivity index is 3.79. The molecule has 0 rings (SSSR count). The van der Waals surface area contributed by atoms with Crippen molar-refractivity contribution >= 4 is 12.3 Å². The number of halogens is 1. The normalized spacial score (nSPS) is 12.0. The fraction of sp³-hybridized carbons (Fsp3) is 1.00. The fourth-order valence-electron chi connectivity index (χ4n) is 0.642. The van der Waals surface area contributed by atoms with Gasteiger partial charge in [-0.1, -0.05) is 0 Å². The van der Waals surface area contributed by atoms with E-state index in [-0.39, 0.29) is 0 Å². The van der Waals surface area contributed by atoms with Crippen LogP contribution in [0.4, 0.5) is 0 Å². The molecule has 3 nitrogen and oxygen atoms in total. The van der Waals surface area contributed by atoms with Crippen LogP contribution in [0, 0.1) is 0 Å². The van der Waals surface area contributed by atoms with Gasteiger partial charge in [-0.3, -0.25) is 0 Å². The molecular formula is C6H15BrHfO3. The SMILES string of the molecule is CC[O][Hf]([Br])([O]CC)[O]CC. The topological polar surface area (TPSA) is 27.7 Å². The zero-order chi connectivity index (χ0) is 8.74. The molecule has 0 saturated heterocycles. The third kappa shape index (κ3) is 5.47. The molecule has 0 N–H and O–H groups in total. The van der Waals surface area contributed by atoms with Gasteiger partial charge in [0.2, 0.25) is 0 Å². The molecule has 0 unspecified atom stereocenters. The van der Waals surface area contributed by atoms with Gasteiger partial charge in [-0.2, -0.15) is 0 Å². The Labute approximate surface area is 80.0 Å². The van der Waals surface area contributed by atoms with E-state index in [0.29, 0.717) is 19.8 Å². The van der Waals surface area contributed by atoms with Gasteiger partial charge in [0.25, 0.3) is 0 Å². The van der Waals surface area contributed by atoms with Crippen LogP contribution in [0.2, 0.25) is 0 Å². The number of hydrogen-bond donors (Lipinski definition) is 0. The van der Waals surface area contributed by atoms with Gasteiger partial charge in [-0.15, -0.1) is 0 Å². The van der Waals surface area contributed by atoms with Crippen LogP contribution in [0.5, 0.6) is 0 Å². The molecule has 0 saturated carbocycles. The van der Waals surface area contributed by atoms with Gasteiger partial charge in [0.15, 0.2) is 0 Å². The first-order valence-corrected chi connectivity index (χ1v) is 16.0. The summed E-state index contributed by atoms with van der Waals surface area (Å²) in [5.74, 6) is 0. The molecule has 0 aliphatic heterocycles. The van der Waals surface area contributed by atoms with Gasteiger partial charge in [-0.05, 0) is 0 Å². The van der Waals surface area contributed by atoms with Crippen LogP contribution >= 0.6 is 12.3 Å². The molecule has 0 aliphatic rings. The average molecular weight is 394 g/mol. The Morgan fingerprint density at radius 1 is 0.909 bits per heavy atom. The molecule has 0 aromatic heterocycles. The van der Waals surface area contributed by atoms with Crippen molar-refractivity contribution in [2.24, 2.45) is 0 Å². The van der Waals surface area contributed by atoms with E-state index in [1.807, 2.05) is 20.8 Å². The van der Waals surface area contributed by atoms with Crippen LogP contribution in [-0.2, 0) is 27.5 Å². The second-order valence-corrected chi connectivity index (χ2v) is 16.3. The van der Waals surface area contributed by atoms with Crippen molar-refractivity contribution in [3.8, 4) is 0 Å². The van der Waals surface area contributed by atoms with Crippen LogP contribution in [0.3, 0.4) is 0 Å². The van der Waals surface area contributed by atoms with Gasteiger partial charge in [0.05, 0.1) is 0 Å². The summed E-state index contributed by atoms with van der Waals surface area (Å²) < 4.78 is 16.2. The Morgan fingerprint density at radius 2 is 1.18 bits per heavy atom. The van der Waals surface area contributed by atoms with E-state index in [0.717, 1.165) is 0 Å². The summed E-state index contributed by atoms with van der Waals surface area (Å²) in [6.45, 7) is 7.75. The van der Waals surface area contributed by atoms with Crippen molar-refractivity contribution in [1.29, 1.82) is 0 Å². The van der Waals surface area contributed by atoms with Gasteiger partial charge < -0.3 is 0 Å². The molecule has 0 aromatic carbocycles. The summed E-state index contributed by atoms with van der Waals surface area (Å²) >= 11 is 0.144. The monoisotopic (exact) mass is 394 g/mol. The van der Waals surface area contributed by atoms with Crippen molar-refractivity contribution < 1.29 is 27.5 Å². The van der Waals surface area contributed by atoms with E-state index in [9.17, 15) is 0 Å². The van der Waals surface area contributed by atoms with Crippen molar-refractivity contribution in [2.75, 3.05) is 19.8 Å². The molecule has 5 heteroatoms. The Morgan fingerprint density at radius 3 is 1.36 bits per heavy atom. The summed E-state index contributed by atoms with van der Waals surface area (Å²) in [6.07, 6.45) is 0. The van der Waals surface area contributed by atoms with E-state index in [4.69, 9.17) is 8.56 Å². The zero-order valence-corrected chi connectivity index (χ0v) is 12.4. The van der Waals surface area contributed by atoms with Crippen LogP contribution in [0.15, 0.2) is 0 Å². The third-order valence-corrected chi connectivity index (χ3v) is 13.4. The van der Waals surface area contributed by atoms with E-state index < -0.39 is 18.9 Å². The Hall–Kier alpha value is 1.23. The minimum atomic E-state index is -3.28. The predicted octanol–water partition coefficient (Wildman–Crippen LogP) is 2.30. The molecule has 0 aliphatic carbocycles. The van der Waals surface area contributed by atoms with Gasteiger partial charge in [0, 0.05) is 0 Å². The maximum atomic E-state index is 5.40. The first kappa shape index (κ1) is 12.2. The van der Waals surface area contributed by atoms with Gasteiger partial charge >= 0.3 is 80.4 Å². The Bertz CT molecular complexity index is 84.8. The summed E-state index contributed by atoms with van der Waals surface area (Å²) in [5.41, 5.74) is 0. The summed E-state index contributed by atoms with van der Waals surface area (Å²) in [7, 11) is 0. The maximum absolute atomic E-state index is 5.40. The second-order valence-electron chi connectivity index (χ2n) is 1.78. The summed E-state index contributed by atoms with van der Waals surface area (Å²) in [4.78, 5) is 0. The molecule has 11 heavy (non-hydrogen) atoms. The molecule has 0 aromatic rings. The molecular weight excluding hydrogens is 378 g/mol. The number of rotatable bonds is 6. The van der Waals surface area contributed by atoms with Crippen molar-refractivity contribution in [3.63, 3.8) is 0 Å². The molecule has 0 radical (unpaired) electrons. The quantitative estimate of drug-likeness (QED) is 0.648. The molecule has 0 heterocycles. The first-order valence-electron chi connectivity index (χ1n) is 3.79. The predicted molar refractivity (Wildman–Crippen MR) is 43.8 cm³/mol. The van der Waals surface area contributed by atoms with E-state index in [2.05, 4.69) is 12.3 Å². The molecule has 0 atom stereocenters. The fourth-order valence-corrected chi connectivity index (χ4v) is 10.9. The van der Waals surface area contributed by atoms with Gasteiger partial charge in [0.1, 0.15) is 0 Å². The minimum absolute atomic E-state index is 0.646. The van der Waals surface area contributed by atoms with Crippen LogP contribution in [-0.4, -0.2) is 19.8 Å². The zero-order valence-electron chi connectivity index (χ0n) is 7.22. The molecule has 68 valence electrons. The molecule has 0 fully saturated rings. The van der Waals surface area contributed by atoms with E-state index in [1.165, 1.54) is 0 Å². The number of hydrogen-bond acceptors (Lipinski definition) is 3. The Kier molecular flexibility index (Phi) is 7.47.